The van der Waals surface area contributed by atoms with Crippen LogP contribution in [0, 0.1) is 16.7 Å². The van der Waals surface area contributed by atoms with Crippen molar-refractivity contribution in [3.63, 3.8) is 0 Å². The second-order valence-corrected chi connectivity index (χ2v) is 11.0. The first-order valence-electron chi connectivity index (χ1n) is 13.0. The SMILES string of the molecule is CCOC(=O)NC(=N[C@@H](CC(C)(C)C)C(=O)N[C@@]1(C#N)CCC2CCCCN2C1)N1CCOCC1. The van der Waals surface area contributed by atoms with Crippen molar-refractivity contribution in [2.24, 2.45) is 10.4 Å². The second kappa shape index (κ2) is 12.0. The Morgan fingerprint density at radius 3 is 2.63 bits per heavy atom. The average molecular weight is 491 g/mol. The summed E-state index contributed by atoms with van der Waals surface area (Å²) in [7, 11) is 0. The first kappa shape index (κ1) is 27.2. The number of alkyl carbamates (subject to hydrolysis) is 1. The summed E-state index contributed by atoms with van der Waals surface area (Å²) in [6.45, 7) is 11.7. The molecule has 0 radical (unpaired) electrons. The van der Waals surface area contributed by atoms with Crippen LogP contribution in [-0.2, 0) is 14.3 Å². The third kappa shape index (κ3) is 7.80. The summed E-state index contributed by atoms with van der Waals surface area (Å²) in [6, 6.07) is 2.17. The molecule has 3 rings (SSSR count). The Morgan fingerprint density at radius 1 is 1.23 bits per heavy atom. The first-order valence-corrected chi connectivity index (χ1v) is 13.0. The lowest BCUT2D eigenvalue weighted by Crippen LogP contribution is -2.62. The molecule has 2 N–H and O–H groups in total. The van der Waals surface area contributed by atoms with Gasteiger partial charge in [-0.1, -0.05) is 27.2 Å². The molecule has 3 aliphatic rings. The molecule has 35 heavy (non-hydrogen) atoms. The number of hydrogen-bond donors (Lipinski definition) is 2. The minimum absolute atomic E-state index is 0.199. The fourth-order valence-electron chi connectivity index (χ4n) is 5.13. The van der Waals surface area contributed by atoms with E-state index in [1.165, 1.54) is 6.42 Å². The standard InChI is InChI=1S/C25H42N6O4/c1-5-35-23(33)28-22(30-12-14-34-15-13-30)27-20(16-24(2,3)4)21(32)29-25(17-26)10-9-19-8-6-7-11-31(19)18-25/h19-20H,5-16,18H2,1-4H3,(H,29,32)(H,27,28,33)/t19?,20-,25+/m0/s1. The molecule has 0 aliphatic carbocycles. The summed E-state index contributed by atoms with van der Waals surface area (Å²) in [5, 5.41) is 16.0. The van der Waals surface area contributed by atoms with Gasteiger partial charge in [0.25, 0.3) is 0 Å². The Hall–Kier alpha value is -2.38. The summed E-state index contributed by atoms with van der Waals surface area (Å²) < 4.78 is 10.5. The number of nitrogens with one attached hydrogen (secondary N) is 2. The van der Waals surface area contributed by atoms with E-state index in [9.17, 15) is 14.9 Å². The van der Waals surface area contributed by atoms with Crippen LogP contribution in [0.5, 0.6) is 0 Å². The van der Waals surface area contributed by atoms with Crippen LogP contribution in [0.15, 0.2) is 4.99 Å². The normalized spacial score (nSPS) is 26.8. The number of nitriles is 1. The Labute approximate surface area is 209 Å². The van der Waals surface area contributed by atoms with E-state index in [-0.39, 0.29) is 17.9 Å². The van der Waals surface area contributed by atoms with Crippen molar-refractivity contribution < 1.29 is 19.1 Å². The van der Waals surface area contributed by atoms with Gasteiger partial charge in [0.2, 0.25) is 11.9 Å². The smallest absolute Gasteiger partial charge is 0.413 e. The molecular weight excluding hydrogens is 448 g/mol. The van der Waals surface area contributed by atoms with E-state index in [0.29, 0.717) is 57.7 Å². The zero-order valence-corrected chi connectivity index (χ0v) is 21.8. The molecule has 3 aliphatic heterocycles. The van der Waals surface area contributed by atoms with E-state index in [2.05, 4.69) is 42.4 Å². The highest BCUT2D eigenvalue weighted by Crippen LogP contribution is 2.32. The molecule has 0 bridgehead atoms. The van der Waals surface area contributed by atoms with Crippen LogP contribution in [0.1, 0.15) is 66.2 Å². The number of rotatable bonds is 5. The van der Waals surface area contributed by atoms with E-state index >= 15 is 0 Å². The molecule has 1 unspecified atom stereocenters. The number of piperidine rings is 2. The highest BCUT2D eigenvalue weighted by Gasteiger charge is 2.43. The zero-order valence-electron chi connectivity index (χ0n) is 21.8. The topological polar surface area (TPSA) is 119 Å². The molecule has 3 saturated heterocycles. The van der Waals surface area contributed by atoms with Gasteiger partial charge in [0.1, 0.15) is 11.6 Å². The first-order chi connectivity index (χ1) is 16.6. The van der Waals surface area contributed by atoms with Crippen LogP contribution in [0.4, 0.5) is 4.79 Å². The van der Waals surface area contributed by atoms with Gasteiger partial charge in [0, 0.05) is 25.7 Å². The number of hydrogen-bond acceptors (Lipinski definition) is 7. The van der Waals surface area contributed by atoms with Gasteiger partial charge in [-0.05, 0) is 51.0 Å². The monoisotopic (exact) mass is 490 g/mol. The molecule has 0 aromatic carbocycles. The number of carbonyl (C=O) groups is 2. The fourth-order valence-corrected chi connectivity index (χ4v) is 5.13. The van der Waals surface area contributed by atoms with Gasteiger partial charge in [0.15, 0.2) is 0 Å². The van der Waals surface area contributed by atoms with E-state index in [4.69, 9.17) is 14.5 Å². The molecule has 0 spiro atoms. The van der Waals surface area contributed by atoms with E-state index in [1.54, 1.807) is 6.92 Å². The second-order valence-electron chi connectivity index (χ2n) is 11.0. The van der Waals surface area contributed by atoms with E-state index in [1.807, 2.05) is 4.90 Å². The predicted molar refractivity (Wildman–Crippen MR) is 133 cm³/mol. The summed E-state index contributed by atoms with van der Waals surface area (Å²) in [4.78, 5) is 35.0. The van der Waals surface area contributed by atoms with Gasteiger partial charge < -0.3 is 19.7 Å². The predicted octanol–water partition coefficient (Wildman–Crippen LogP) is 2.25. The molecule has 3 atom stereocenters. The third-order valence-electron chi connectivity index (χ3n) is 6.89. The Balaban J connectivity index is 1.83. The van der Waals surface area contributed by atoms with Crippen molar-refractivity contribution in [2.45, 2.75) is 83.8 Å². The van der Waals surface area contributed by atoms with Gasteiger partial charge in [0.05, 0.1) is 25.9 Å². The van der Waals surface area contributed by atoms with Gasteiger partial charge in [-0.15, -0.1) is 0 Å². The maximum atomic E-state index is 13.7. The highest BCUT2D eigenvalue weighted by molar-refractivity contribution is 5.96. The lowest BCUT2D eigenvalue weighted by atomic mass is 9.82. The molecule has 196 valence electrons. The van der Waals surface area contributed by atoms with E-state index < -0.39 is 17.7 Å². The Morgan fingerprint density at radius 2 is 1.97 bits per heavy atom. The molecule has 3 fully saturated rings. The highest BCUT2D eigenvalue weighted by atomic mass is 16.5. The van der Waals surface area contributed by atoms with Crippen molar-refractivity contribution in [2.75, 3.05) is 46.0 Å². The van der Waals surface area contributed by atoms with Crippen molar-refractivity contribution in [3.8, 4) is 6.07 Å². The van der Waals surface area contributed by atoms with Crippen molar-refractivity contribution >= 4 is 18.0 Å². The van der Waals surface area contributed by atoms with Crippen LogP contribution >= 0.6 is 0 Å². The van der Waals surface area contributed by atoms with Crippen molar-refractivity contribution in [1.29, 1.82) is 5.26 Å². The van der Waals surface area contributed by atoms with Gasteiger partial charge in [-0.25, -0.2) is 9.79 Å². The lowest BCUT2D eigenvalue weighted by molar-refractivity contribution is -0.125. The number of guanidine groups is 1. The van der Waals surface area contributed by atoms with E-state index in [0.717, 1.165) is 25.8 Å². The number of ether oxygens (including phenoxy) is 2. The average Bonchev–Trinajstić information content (AvgIpc) is 2.83. The zero-order chi connectivity index (χ0) is 25.5. The fraction of sp³-hybridized carbons (Fsp3) is 0.840. The number of morpholine rings is 1. The number of fused-ring (bicyclic) bond motifs is 1. The molecule has 3 heterocycles. The molecule has 10 nitrogen and oxygen atoms in total. The van der Waals surface area contributed by atoms with Crippen LogP contribution in [0.3, 0.4) is 0 Å². The molecular formula is C25H42N6O4. The minimum atomic E-state index is -0.926. The van der Waals surface area contributed by atoms with Crippen LogP contribution in [0.2, 0.25) is 0 Å². The summed E-state index contributed by atoms with van der Waals surface area (Å²) in [5.41, 5.74) is -1.12. The maximum absolute atomic E-state index is 13.7. The molecule has 10 heteroatoms. The number of carbonyl (C=O) groups excluding carboxylic acids is 2. The molecule has 0 aromatic heterocycles. The summed E-state index contributed by atoms with van der Waals surface area (Å²) in [5.74, 6) is 0.0234. The third-order valence-corrected chi connectivity index (χ3v) is 6.89. The van der Waals surface area contributed by atoms with Crippen LogP contribution < -0.4 is 10.6 Å². The Kier molecular flexibility index (Phi) is 9.36. The number of aliphatic imine (C=N–C) groups is 1. The number of amides is 2. The van der Waals surface area contributed by atoms with Crippen molar-refractivity contribution in [1.82, 2.24) is 20.4 Å². The summed E-state index contributed by atoms with van der Waals surface area (Å²) >= 11 is 0. The van der Waals surface area contributed by atoms with Gasteiger partial charge in [-0.3, -0.25) is 15.0 Å². The van der Waals surface area contributed by atoms with Crippen molar-refractivity contribution in [3.05, 3.63) is 0 Å². The molecule has 0 saturated carbocycles. The quantitative estimate of drug-likeness (QED) is 0.448. The largest absolute Gasteiger partial charge is 0.450 e. The van der Waals surface area contributed by atoms with Crippen LogP contribution in [0.25, 0.3) is 0 Å². The molecule has 2 amide bonds. The van der Waals surface area contributed by atoms with Gasteiger partial charge in [-0.2, -0.15) is 5.26 Å². The maximum Gasteiger partial charge on any atom is 0.413 e. The molecule has 0 aromatic rings. The lowest BCUT2D eigenvalue weighted by Gasteiger charge is -2.46. The summed E-state index contributed by atoms with van der Waals surface area (Å²) in [6.07, 6.45) is 4.92. The Bertz CT molecular complexity index is 814. The number of nitrogens with zero attached hydrogens (tertiary/aromatic N) is 4. The minimum Gasteiger partial charge on any atom is -0.450 e. The van der Waals surface area contributed by atoms with Crippen LogP contribution in [-0.4, -0.2) is 91.4 Å². The van der Waals surface area contributed by atoms with Gasteiger partial charge >= 0.3 is 6.09 Å².